The molecule has 0 aliphatic carbocycles. The molecule has 4 heteroatoms. The Bertz CT molecular complexity index is 659. The first-order valence-electron chi connectivity index (χ1n) is 8.56. The van der Waals surface area contributed by atoms with Gasteiger partial charge in [-0.25, -0.2) is 4.39 Å². The first-order chi connectivity index (χ1) is 11.7. The van der Waals surface area contributed by atoms with Crippen LogP contribution in [0.1, 0.15) is 24.9 Å². The lowest BCUT2D eigenvalue weighted by Gasteiger charge is -2.28. The molecule has 0 radical (unpaired) electrons. The number of rotatable bonds is 4. The van der Waals surface area contributed by atoms with E-state index in [4.69, 9.17) is 4.74 Å². The Labute approximate surface area is 143 Å². The predicted octanol–water partition coefficient (Wildman–Crippen LogP) is 4.11. The van der Waals surface area contributed by atoms with Crippen molar-refractivity contribution < 1.29 is 9.13 Å². The van der Waals surface area contributed by atoms with Gasteiger partial charge in [-0.2, -0.15) is 0 Å². The van der Waals surface area contributed by atoms with Crippen LogP contribution in [-0.2, 0) is 0 Å². The van der Waals surface area contributed by atoms with Crippen molar-refractivity contribution in [1.82, 2.24) is 4.90 Å². The lowest BCUT2D eigenvalue weighted by molar-refractivity contribution is 0.226. The van der Waals surface area contributed by atoms with Gasteiger partial charge in [0, 0.05) is 37.9 Å². The second-order valence-corrected chi connectivity index (χ2v) is 6.31. The summed E-state index contributed by atoms with van der Waals surface area (Å²) in [5, 5.41) is 0. The third-order valence-corrected chi connectivity index (χ3v) is 4.85. The molecule has 1 unspecified atom stereocenters. The van der Waals surface area contributed by atoms with Crippen LogP contribution in [0.3, 0.4) is 0 Å². The van der Waals surface area contributed by atoms with E-state index >= 15 is 0 Å². The molecule has 1 fully saturated rings. The van der Waals surface area contributed by atoms with E-state index in [1.54, 1.807) is 19.2 Å². The van der Waals surface area contributed by atoms with Crippen LogP contribution in [0.25, 0.3) is 0 Å². The second-order valence-electron chi connectivity index (χ2n) is 6.31. The van der Waals surface area contributed by atoms with E-state index < -0.39 is 0 Å². The quantitative estimate of drug-likeness (QED) is 0.840. The minimum atomic E-state index is -0.158. The number of ether oxygens (including phenoxy) is 1. The fourth-order valence-electron chi connectivity index (χ4n) is 3.35. The van der Waals surface area contributed by atoms with Gasteiger partial charge in [0.05, 0.1) is 7.11 Å². The van der Waals surface area contributed by atoms with Gasteiger partial charge in [-0.05, 0) is 55.3 Å². The molecule has 24 heavy (non-hydrogen) atoms. The number of hydrogen-bond acceptors (Lipinski definition) is 3. The van der Waals surface area contributed by atoms with Crippen LogP contribution < -0.4 is 9.64 Å². The standard InChI is InChI=1S/C20H25FN2O/c1-16(17-5-3-6-18(21)15-17)22-11-4-12-23(14-13-22)19-7-9-20(24-2)10-8-19/h3,5-10,15-16H,4,11-14H2,1-2H3. The normalized spacial score (nSPS) is 17.4. The van der Waals surface area contributed by atoms with Crippen LogP contribution in [0.15, 0.2) is 48.5 Å². The Morgan fingerprint density at radius 3 is 2.50 bits per heavy atom. The van der Waals surface area contributed by atoms with E-state index in [1.807, 2.05) is 18.2 Å². The van der Waals surface area contributed by atoms with Crippen molar-refractivity contribution in [2.75, 3.05) is 38.2 Å². The van der Waals surface area contributed by atoms with Gasteiger partial charge >= 0.3 is 0 Å². The van der Waals surface area contributed by atoms with Crippen LogP contribution in [0.5, 0.6) is 5.75 Å². The van der Waals surface area contributed by atoms with Crippen LogP contribution in [0.2, 0.25) is 0 Å². The molecule has 3 rings (SSSR count). The maximum atomic E-state index is 13.5. The first kappa shape index (κ1) is 16.8. The summed E-state index contributed by atoms with van der Waals surface area (Å²) in [6, 6.07) is 15.4. The molecule has 0 saturated carbocycles. The molecule has 1 saturated heterocycles. The summed E-state index contributed by atoms with van der Waals surface area (Å²) < 4.78 is 18.7. The Balaban J connectivity index is 1.66. The second kappa shape index (κ2) is 7.67. The summed E-state index contributed by atoms with van der Waals surface area (Å²) >= 11 is 0. The van der Waals surface area contributed by atoms with Crippen LogP contribution >= 0.6 is 0 Å². The molecule has 2 aromatic rings. The predicted molar refractivity (Wildman–Crippen MR) is 96.2 cm³/mol. The molecule has 1 heterocycles. The third kappa shape index (κ3) is 3.88. The van der Waals surface area contributed by atoms with Gasteiger partial charge in [-0.15, -0.1) is 0 Å². The zero-order valence-electron chi connectivity index (χ0n) is 14.4. The highest BCUT2D eigenvalue weighted by Gasteiger charge is 2.20. The molecule has 3 nitrogen and oxygen atoms in total. The zero-order valence-corrected chi connectivity index (χ0v) is 14.4. The van der Waals surface area contributed by atoms with Crippen molar-refractivity contribution >= 4 is 5.69 Å². The third-order valence-electron chi connectivity index (χ3n) is 4.85. The maximum absolute atomic E-state index is 13.5. The van der Waals surface area contributed by atoms with Gasteiger partial charge in [0.2, 0.25) is 0 Å². The van der Waals surface area contributed by atoms with E-state index in [9.17, 15) is 4.39 Å². The monoisotopic (exact) mass is 328 g/mol. The van der Waals surface area contributed by atoms with Crippen LogP contribution in [0.4, 0.5) is 10.1 Å². The van der Waals surface area contributed by atoms with E-state index in [0.717, 1.165) is 43.9 Å². The molecule has 0 bridgehead atoms. The zero-order chi connectivity index (χ0) is 16.9. The average Bonchev–Trinajstić information content (AvgIpc) is 2.87. The van der Waals surface area contributed by atoms with Gasteiger partial charge in [0.25, 0.3) is 0 Å². The highest BCUT2D eigenvalue weighted by atomic mass is 19.1. The molecule has 0 N–H and O–H groups in total. The molecule has 0 amide bonds. The molecule has 1 aliphatic rings. The lowest BCUT2D eigenvalue weighted by Crippen LogP contribution is -2.32. The van der Waals surface area contributed by atoms with Crippen molar-refractivity contribution in [1.29, 1.82) is 0 Å². The van der Waals surface area contributed by atoms with Gasteiger partial charge < -0.3 is 9.64 Å². The number of benzene rings is 2. The first-order valence-corrected chi connectivity index (χ1v) is 8.56. The molecular formula is C20H25FN2O. The number of nitrogens with zero attached hydrogens (tertiary/aromatic N) is 2. The molecule has 0 aromatic heterocycles. The molecule has 1 atom stereocenters. The fraction of sp³-hybridized carbons (Fsp3) is 0.400. The van der Waals surface area contributed by atoms with Crippen molar-refractivity contribution in [3.63, 3.8) is 0 Å². The number of anilines is 1. The summed E-state index contributed by atoms with van der Waals surface area (Å²) in [5.41, 5.74) is 2.28. The Hall–Kier alpha value is -2.07. The summed E-state index contributed by atoms with van der Waals surface area (Å²) in [6.07, 6.45) is 1.10. The molecule has 0 spiro atoms. The molecule has 128 valence electrons. The summed E-state index contributed by atoms with van der Waals surface area (Å²) in [6.45, 7) is 6.19. The Morgan fingerprint density at radius 1 is 1.00 bits per heavy atom. The van der Waals surface area contributed by atoms with E-state index in [1.165, 1.54) is 11.8 Å². The highest BCUT2D eigenvalue weighted by Crippen LogP contribution is 2.25. The van der Waals surface area contributed by atoms with Crippen molar-refractivity contribution in [3.05, 3.63) is 59.9 Å². The summed E-state index contributed by atoms with van der Waals surface area (Å²) in [4.78, 5) is 4.86. The van der Waals surface area contributed by atoms with Crippen LogP contribution in [-0.4, -0.2) is 38.2 Å². The van der Waals surface area contributed by atoms with Gasteiger partial charge in [0.15, 0.2) is 0 Å². The highest BCUT2D eigenvalue weighted by molar-refractivity contribution is 5.49. The van der Waals surface area contributed by atoms with E-state index in [2.05, 4.69) is 28.9 Å². The average molecular weight is 328 g/mol. The number of hydrogen-bond donors (Lipinski definition) is 0. The molecular weight excluding hydrogens is 303 g/mol. The number of halogens is 1. The van der Waals surface area contributed by atoms with Crippen molar-refractivity contribution in [3.8, 4) is 5.75 Å². The van der Waals surface area contributed by atoms with Crippen molar-refractivity contribution in [2.24, 2.45) is 0 Å². The Morgan fingerprint density at radius 2 is 1.79 bits per heavy atom. The SMILES string of the molecule is COc1ccc(N2CCCN(C(C)c3cccc(F)c3)CC2)cc1. The summed E-state index contributed by atoms with van der Waals surface area (Å²) in [5.74, 6) is 0.726. The van der Waals surface area contributed by atoms with E-state index in [-0.39, 0.29) is 11.9 Å². The topological polar surface area (TPSA) is 15.7 Å². The van der Waals surface area contributed by atoms with Gasteiger partial charge in [-0.1, -0.05) is 12.1 Å². The molecule has 1 aliphatic heterocycles. The van der Waals surface area contributed by atoms with Gasteiger partial charge in [-0.3, -0.25) is 4.90 Å². The largest absolute Gasteiger partial charge is 0.497 e. The minimum absolute atomic E-state index is 0.158. The van der Waals surface area contributed by atoms with Crippen molar-refractivity contribution in [2.45, 2.75) is 19.4 Å². The Kier molecular flexibility index (Phi) is 5.36. The van der Waals surface area contributed by atoms with E-state index in [0.29, 0.717) is 0 Å². The smallest absolute Gasteiger partial charge is 0.123 e. The molecule has 2 aromatic carbocycles. The summed E-state index contributed by atoms with van der Waals surface area (Å²) in [7, 11) is 1.69. The van der Waals surface area contributed by atoms with Crippen LogP contribution in [0, 0.1) is 5.82 Å². The number of methoxy groups -OCH3 is 1. The minimum Gasteiger partial charge on any atom is -0.497 e. The fourth-order valence-corrected chi connectivity index (χ4v) is 3.35. The maximum Gasteiger partial charge on any atom is 0.123 e. The van der Waals surface area contributed by atoms with Gasteiger partial charge in [0.1, 0.15) is 11.6 Å². The lowest BCUT2D eigenvalue weighted by atomic mass is 10.1.